The molecule has 0 spiro atoms. The molecule has 18 heavy (non-hydrogen) atoms. The Hall–Kier alpha value is -0.940. The van der Waals surface area contributed by atoms with Crippen LogP contribution in [0, 0.1) is 5.92 Å². The number of hydrogen-bond donors (Lipinski definition) is 1. The predicted molar refractivity (Wildman–Crippen MR) is 66.0 cm³/mol. The summed E-state index contributed by atoms with van der Waals surface area (Å²) in [7, 11) is 0. The highest BCUT2D eigenvalue weighted by Crippen LogP contribution is 2.32. The molecule has 1 aromatic heterocycles. The van der Waals surface area contributed by atoms with Gasteiger partial charge >= 0.3 is 0 Å². The Labute approximate surface area is 107 Å². The number of ether oxygens (including phenoxy) is 1. The highest BCUT2D eigenvalue weighted by Gasteiger charge is 2.31. The lowest BCUT2D eigenvalue weighted by Crippen LogP contribution is -2.32. The molecule has 1 N–H and O–H groups in total. The van der Waals surface area contributed by atoms with E-state index >= 15 is 0 Å². The van der Waals surface area contributed by atoms with E-state index in [4.69, 9.17) is 9.26 Å². The van der Waals surface area contributed by atoms with E-state index < -0.39 is 0 Å². The summed E-state index contributed by atoms with van der Waals surface area (Å²) in [6, 6.07) is 0.686. The number of nitrogens with zero attached hydrogens (tertiary/aromatic N) is 2. The third-order valence-corrected chi connectivity index (χ3v) is 3.69. The molecule has 0 radical (unpaired) electrons. The van der Waals surface area contributed by atoms with Crippen LogP contribution >= 0.6 is 0 Å². The molecular formula is C13H21N3O2. The molecule has 1 aromatic rings. The van der Waals surface area contributed by atoms with E-state index in [1.54, 1.807) is 0 Å². The lowest BCUT2D eigenvalue weighted by atomic mass is 9.80. The maximum atomic E-state index is 5.55. The Bertz CT molecular complexity index is 383. The van der Waals surface area contributed by atoms with E-state index in [1.165, 1.54) is 12.8 Å². The van der Waals surface area contributed by atoms with Crippen LogP contribution in [0.3, 0.4) is 0 Å². The van der Waals surface area contributed by atoms with Gasteiger partial charge in [0.1, 0.15) is 0 Å². The number of aromatic nitrogens is 2. The predicted octanol–water partition coefficient (Wildman–Crippen LogP) is 1.68. The molecule has 2 saturated carbocycles. The Balaban J connectivity index is 1.40. The molecule has 5 heteroatoms. The van der Waals surface area contributed by atoms with Crippen LogP contribution < -0.4 is 5.32 Å². The van der Waals surface area contributed by atoms with E-state index in [2.05, 4.69) is 15.5 Å². The average Bonchev–Trinajstić information content (AvgIpc) is 3.04. The molecule has 0 saturated heterocycles. The minimum atomic E-state index is 0.457. The summed E-state index contributed by atoms with van der Waals surface area (Å²) in [5, 5.41) is 7.39. The summed E-state index contributed by atoms with van der Waals surface area (Å²) in [6.07, 6.45) is 6.19. The molecule has 2 aliphatic carbocycles. The molecule has 2 aliphatic rings. The second-order valence-corrected chi connectivity index (χ2v) is 5.38. The van der Waals surface area contributed by atoms with E-state index in [9.17, 15) is 0 Å². The van der Waals surface area contributed by atoms with Crippen LogP contribution in [0.5, 0.6) is 0 Å². The van der Waals surface area contributed by atoms with Crippen molar-refractivity contribution in [2.45, 2.75) is 57.7 Å². The first-order chi connectivity index (χ1) is 8.83. The maximum Gasteiger partial charge on any atom is 0.226 e. The molecule has 0 aromatic carbocycles. The Morgan fingerprint density at radius 1 is 1.39 bits per heavy atom. The van der Waals surface area contributed by atoms with Crippen LogP contribution in [0.1, 0.15) is 44.3 Å². The van der Waals surface area contributed by atoms with E-state index in [0.717, 1.165) is 44.1 Å². The molecule has 0 unspecified atom stereocenters. The van der Waals surface area contributed by atoms with Crippen molar-refractivity contribution in [3.05, 3.63) is 11.7 Å². The number of rotatable bonds is 7. The molecule has 5 nitrogen and oxygen atoms in total. The van der Waals surface area contributed by atoms with Crippen molar-refractivity contribution < 1.29 is 9.26 Å². The van der Waals surface area contributed by atoms with Gasteiger partial charge in [-0.25, -0.2) is 0 Å². The smallest absolute Gasteiger partial charge is 0.226 e. The minimum Gasteiger partial charge on any atom is -0.378 e. The largest absolute Gasteiger partial charge is 0.378 e. The van der Waals surface area contributed by atoms with Gasteiger partial charge in [-0.2, -0.15) is 4.98 Å². The first kappa shape index (κ1) is 12.1. The molecule has 0 amide bonds. The Morgan fingerprint density at radius 2 is 2.22 bits per heavy atom. The summed E-state index contributed by atoms with van der Waals surface area (Å²) < 4.78 is 10.8. The number of hydrogen-bond acceptors (Lipinski definition) is 5. The van der Waals surface area contributed by atoms with E-state index in [1.807, 2.05) is 6.92 Å². The topological polar surface area (TPSA) is 60.2 Å². The molecule has 100 valence electrons. The molecular weight excluding hydrogens is 230 g/mol. The quantitative estimate of drug-likeness (QED) is 0.799. The van der Waals surface area contributed by atoms with E-state index in [-0.39, 0.29) is 0 Å². The highest BCUT2D eigenvalue weighted by atomic mass is 16.5. The lowest BCUT2D eigenvalue weighted by Gasteiger charge is -2.33. The van der Waals surface area contributed by atoms with Gasteiger partial charge in [0.25, 0.3) is 0 Å². The van der Waals surface area contributed by atoms with Gasteiger partial charge in [-0.05, 0) is 38.5 Å². The summed E-state index contributed by atoms with van der Waals surface area (Å²) in [4.78, 5) is 4.42. The summed E-state index contributed by atoms with van der Waals surface area (Å²) >= 11 is 0. The van der Waals surface area contributed by atoms with Gasteiger partial charge in [0.2, 0.25) is 5.89 Å². The SMILES string of the molecule is CCOC1CC(Cc2nc(CNC3CC3)no2)C1. The van der Waals surface area contributed by atoms with Crippen molar-refractivity contribution >= 4 is 0 Å². The first-order valence-electron chi connectivity index (χ1n) is 7.00. The fraction of sp³-hybridized carbons (Fsp3) is 0.846. The molecule has 1 heterocycles. The van der Waals surface area contributed by atoms with Crippen molar-refractivity contribution in [2.24, 2.45) is 5.92 Å². The first-order valence-corrected chi connectivity index (χ1v) is 7.00. The van der Waals surface area contributed by atoms with Gasteiger partial charge in [-0.1, -0.05) is 5.16 Å². The lowest BCUT2D eigenvalue weighted by molar-refractivity contribution is -0.0258. The van der Waals surface area contributed by atoms with Crippen LogP contribution in [-0.2, 0) is 17.7 Å². The monoisotopic (exact) mass is 251 g/mol. The third-order valence-electron chi connectivity index (χ3n) is 3.69. The van der Waals surface area contributed by atoms with Crippen LogP contribution in [0.2, 0.25) is 0 Å². The van der Waals surface area contributed by atoms with Gasteiger partial charge in [0, 0.05) is 19.1 Å². The van der Waals surface area contributed by atoms with E-state index in [0.29, 0.717) is 18.1 Å². The highest BCUT2D eigenvalue weighted by molar-refractivity contribution is 4.93. The van der Waals surface area contributed by atoms with Crippen LogP contribution in [0.15, 0.2) is 4.52 Å². The Morgan fingerprint density at radius 3 is 2.94 bits per heavy atom. The van der Waals surface area contributed by atoms with Crippen LogP contribution in [0.4, 0.5) is 0 Å². The zero-order valence-electron chi connectivity index (χ0n) is 10.9. The summed E-state index contributed by atoms with van der Waals surface area (Å²) in [5.41, 5.74) is 0. The van der Waals surface area contributed by atoms with Crippen molar-refractivity contribution in [3.63, 3.8) is 0 Å². The molecule has 2 fully saturated rings. The average molecular weight is 251 g/mol. The fourth-order valence-electron chi connectivity index (χ4n) is 2.43. The second kappa shape index (κ2) is 5.36. The normalized spacial score (nSPS) is 27.2. The zero-order valence-corrected chi connectivity index (χ0v) is 10.9. The molecule has 0 bridgehead atoms. The fourth-order valence-corrected chi connectivity index (χ4v) is 2.43. The van der Waals surface area contributed by atoms with Crippen LogP contribution in [0.25, 0.3) is 0 Å². The second-order valence-electron chi connectivity index (χ2n) is 5.38. The molecule has 0 aliphatic heterocycles. The Kier molecular flexibility index (Phi) is 3.61. The standard InChI is InChI=1S/C13H21N3O2/c1-2-17-11-5-9(6-11)7-13-15-12(16-18-13)8-14-10-3-4-10/h9-11,14H,2-8H2,1H3. The third kappa shape index (κ3) is 3.09. The zero-order chi connectivity index (χ0) is 12.4. The minimum absolute atomic E-state index is 0.457. The van der Waals surface area contributed by atoms with Crippen molar-refractivity contribution in [1.82, 2.24) is 15.5 Å². The van der Waals surface area contributed by atoms with Crippen molar-refractivity contribution in [3.8, 4) is 0 Å². The van der Waals surface area contributed by atoms with Gasteiger partial charge in [-0.3, -0.25) is 0 Å². The molecule has 0 atom stereocenters. The van der Waals surface area contributed by atoms with Crippen molar-refractivity contribution in [2.75, 3.05) is 6.61 Å². The summed E-state index contributed by atoms with van der Waals surface area (Å²) in [6.45, 7) is 3.60. The van der Waals surface area contributed by atoms with Gasteiger partial charge < -0.3 is 14.6 Å². The van der Waals surface area contributed by atoms with Gasteiger partial charge in [0.15, 0.2) is 5.82 Å². The van der Waals surface area contributed by atoms with Crippen molar-refractivity contribution in [1.29, 1.82) is 0 Å². The number of nitrogens with one attached hydrogen (secondary N) is 1. The molecule has 3 rings (SSSR count). The summed E-state index contributed by atoms with van der Waals surface area (Å²) in [5.74, 6) is 2.23. The van der Waals surface area contributed by atoms with Gasteiger partial charge in [0.05, 0.1) is 12.6 Å². The van der Waals surface area contributed by atoms with Crippen LogP contribution in [-0.4, -0.2) is 28.9 Å². The van der Waals surface area contributed by atoms with Gasteiger partial charge in [-0.15, -0.1) is 0 Å². The maximum absolute atomic E-state index is 5.55.